The summed E-state index contributed by atoms with van der Waals surface area (Å²) in [6, 6.07) is 20.6. The Morgan fingerprint density at radius 3 is 2.28 bits per heavy atom. The van der Waals surface area contributed by atoms with Gasteiger partial charge in [-0.2, -0.15) is 0 Å². The van der Waals surface area contributed by atoms with Crippen LogP contribution in [-0.4, -0.2) is 36.0 Å². The second-order valence-corrected chi connectivity index (χ2v) is 7.23. The summed E-state index contributed by atoms with van der Waals surface area (Å²) in [6.45, 7) is 1.54. The molecule has 130 valence electrons. The molecule has 4 rings (SSSR count). The summed E-state index contributed by atoms with van der Waals surface area (Å²) in [5.41, 5.74) is 8.76. The van der Waals surface area contributed by atoms with E-state index in [0.29, 0.717) is 6.04 Å². The molecule has 1 aliphatic carbocycles. The van der Waals surface area contributed by atoms with Crippen LogP contribution < -0.4 is 11.1 Å². The number of rotatable bonds is 5. The van der Waals surface area contributed by atoms with Crippen LogP contribution in [0.2, 0.25) is 0 Å². The summed E-state index contributed by atoms with van der Waals surface area (Å²) in [5, 5.41) is 3.18. The molecule has 4 nitrogen and oxygen atoms in total. The first-order chi connectivity index (χ1) is 12.2. The molecule has 0 radical (unpaired) electrons. The lowest BCUT2D eigenvalue weighted by molar-refractivity contribution is -0.126. The fourth-order valence-electron chi connectivity index (χ4n) is 3.80. The fourth-order valence-corrected chi connectivity index (χ4v) is 3.80. The quantitative estimate of drug-likeness (QED) is 0.882. The number of hydrogen-bond donors (Lipinski definition) is 2. The predicted molar refractivity (Wildman–Crippen MR) is 99.1 cm³/mol. The number of hydrogen-bond acceptors (Lipinski definition) is 3. The molecule has 1 saturated heterocycles. The van der Waals surface area contributed by atoms with Gasteiger partial charge in [0.05, 0.1) is 0 Å². The Kier molecular flexibility index (Phi) is 4.55. The molecule has 1 heterocycles. The first kappa shape index (κ1) is 16.3. The zero-order valence-corrected chi connectivity index (χ0v) is 14.3. The molecule has 2 aliphatic rings. The molecule has 1 saturated carbocycles. The molecule has 2 aromatic carbocycles. The average Bonchev–Trinajstić information content (AvgIpc) is 3.37. The van der Waals surface area contributed by atoms with E-state index in [2.05, 4.69) is 34.5 Å². The van der Waals surface area contributed by atoms with Gasteiger partial charge < -0.3 is 11.1 Å². The van der Waals surface area contributed by atoms with Crippen molar-refractivity contribution in [2.45, 2.75) is 36.9 Å². The van der Waals surface area contributed by atoms with E-state index in [-0.39, 0.29) is 23.9 Å². The Morgan fingerprint density at radius 2 is 1.64 bits per heavy atom. The molecular formula is C21H25N3O. The van der Waals surface area contributed by atoms with Crippen molar-refractivity contribution in [3.05, 3.63) is 71.8 Å². The molecule has 0 aromatic heterocycles. The van der Waals surface area contributed by atoms with Gasteiger partial charge in [-0.25, -0.2) is 0 Å². The van der Waals surface area contributed by atoms with Crippen molar-refractivity contribution in [3.63, 3.8) is 0 Å². The second kappa shape index (κ2) is 6.98. The molecule has 3 atom stereocenters. The van der Waals surface area contributed by atoms with Crippen molar-refractivity contribution in [1.29, 1.82) is 0 Å². The molecule has 2 aromatic rings. The van der Waals surface area contributed by atoms with Gasteiger partial charge in [-0.3, -0.25) is 9.69 Å². The summed E-state index contributed by atoms with van der Waals surface area (Å²) >= 11 is 0. The van der Waals surface area contributed by atoms with Crippen molar-refractivity contribution in [2.75, 3.05) is 13.1 Å². The third kappa shape index (κ3) is 3.60. The number of amides is 1. The first-order valence-electron chi connectivity index (χ1n) is 9.12. The van der Waals surface area contributed by atoms with Gasteiger partial charge in [-0.1, -0.05) is 60.7 Å². The Bertz CT molecular complexity index is 714. The minimum atomic E-state index is -0.262. The van der Waals surface area contributed by atoms with Gasteiger partial charge in [0.1, 0.15) is 6.04 Å². The molecule has 25 heavy (non-hydrogen) atoms. The molecule has 1 aliphatic heterocycles. The Balaban J connectivity index is 1.58. The highest BCUT2D eigenvalue weighted by Crippen LogP contribution is 2.33. The van der Waals surface area contributed by atoms with Gasteiger partial charge in [-0.15, -0.1) is 0 Å². The van der Waals surface area contributed by atoms with Crippen LogP contribution in [0.25, 0.3) is 0 Å². The Labute approximate surface area is 149 Å². The van der Waals surface area contributed by atoms with Gasteiger partial charge >= 0.3 is 0 Å². The number of nitrogens with one attached hydrogen (secondary N) is 1. The number of benzene rings is 2. The molecule has 4 heteroatoms. The van der Waals surface area contributed by atoms with E-state index < -0.39 is 0 Å². The van der Waals surface area contributed by atoms with Crippen LogP contribution in [0.3, 0.4) is 0 Å². The number of nitrogens with zero attached hydrogens (tertiary/aromatic N) is 1. The second-order valence-electron chi connectivity index (χ2n) is 7.23. The first-order valence-corrected chi connectivity index (χ1v) is 9.12. The predicted octanol–water partition coefficient (Wildman–Crippen LogP) is 2.43. The topological polar surface area (TPSA) is 58.4 Å². The number of carbonyl (C=O) groups is 1. The third-order valence-electron chi connectivity index (χ3n) is 5.27. The summed E-state index contributed by atoms with van der Waals surface area (Å²) in [4.78, 5) is 15.2. The van der Waals surface area contributed by atoms with Crippen LogP contribution in [0.15, 0.2) is 60.7 Å². The average molecular weight is 335 g/mol. The van der Waals surface area contributed by atoms with E-state index in [9.17, 15) is 4.79 Å². The normalized spacial score (nSPS) is 24.8. The molecule has 2 fully saturated rings. The Hall–Kier alpha value is -2.17. The smallest absolute Gasteiger partial charge is 0.242 e. The van der Waals surface area contributed by atoms with Crippen LogP contribution >= 0.6 is 0 Å². The van der Waals surface area contributed by atoms with Crippen molar-refractivity contribution in [1.82, 2.24) is 10.2 Å². The van der Waals surface area contributed by atoms with Crippen LogP contribution in [-0.2, 0) is 4.79 Å². The maximum atomic E-state index is 12.9. The summed E-state index contributed by atoms with van der Waals surface area (Å²) < 4.78 is 0. The maximum absolute atomic E-state index is 12.9. The number of carbonyl (C=O) groups excluding carboxylic acids is 1. The summed E-state index contributed by atoms with van der Waals surface area (Å²) in [7, 11) is 0. The van der Waals surface area contributed by atoms with Gasteiger partial charge in [-0.05, 0) is 24.0 Å². The lowest BCUT2D eigenvalue weighted by Gasteiger charge is -2.27. The number of likely N-dealkylation sites (tertiary alicyclic amines) is 1. The standard InChI is InChI=1S/C21H25N3O/c22-19-14-24(13-18(19)15-7-3-1-4-8-15)20(16-9-5-2-6-10-16)21(25)23-17-11-12-17/h1-10,17-20H,11-14,22H2,(H,23,25)/t18-,19+,20?/m0/s1. The molecular weight excluding hydrogens is 310 g/mol. The third-order valence-corrected chi connectivity index (χ3v) is 5.27. The van der Waals surface area contributed by atoms with Gasteiger partial charge in [0, 0.05) is 31.1 Å². The lowest BCUT2D eigenvalue weighted by atomic mass is 9.95. The maximum Gasteiger partial charge on any atom is 0.242 e. The van der Waals surface area contributed by atoms with E-state index in [1.807, 2.05) is 36.4 Å². The van der Waals surface area contributed by atoms with Crippen molar-refractivity contribution < 1.29 is 4.79 Å². The van der Waals surface area contributed by atoms with Crippen molar-refractivity contribution in [3.8, 4) is 0 Å². The highest BCUT2D eigenvalue weighted by Gasteiger charge is 2.39. The molecule has 0 bridgehead atoms. The molecule has 0 spiro atoms. The fraction of sp³-hybridized carbons (Fsp3) is 0.381. The zero-order chi connectivity index (χ0) is 17.2. The van der Waals surface area contributed by atoms with Crippen LogP contribution in [0, 0.1) is 0 Å². The van der Waals surface area contributed by atoms with E-state index in [4.69, 9.17) is 5.73 Å². The van der Waals surface area contributed by atoms with Gasteiger partial charge in [0.15, 0.2) is 0 Å². The SMILES string of the molecule is N[C@@H]1CN(C(C(=O)NC2CC2)c2ccccc2)C[C@H]1c1ccccc1. The highest BCUT2D eigenvalue weighted by atomic mass is 16.2. The lowest BCUT2D eigenvalue weighted by Crippen LogP contribution is -2.41. The zero-order valence-electron chi connectivity index (χ0n) is 14.3. The minimum absolute atomic E-state index is 0.0438. The summed E-state index contributed by atoms with van der Waals surface area (Å²) in [6.07, 6.45) is 2.19. The van der Waals surface area contributed by atoms with E-state index in [0.717, 1.165) is 31.5 Å². The summed E-state index contributed by atoms with van der Waals surface area (Å²) in [5.74, 6) is 0.371. The molecule has 1 amide bonds. The van der Waals surface area contributed by atoms with Gasteiger partial charge in [0.25, 0.3) is 0 Å². The van der Waals surface area contributed by atoms with Crippen molar-refractivity contribution in [2.24, 2.45) is 5.73 Å². The minimum Gasteiger partial charge on any atom is -0.352 e. The van der Waals surface area contributed by atoms with E-state index in [1.165, 1.54) is 5.56 Å². The number of nitrogens with two attached hydrogens (primary N) is 1. The van der Waals surface area contributed by atoms with Gasteiger partial charge in [0.2, 0.25) is 5.91 Å². The highest BCUT2D eigenvalue weighted by molar-refractivity contribution is 5.83. The van der Waals surface area contributed by atoms with E-state index >= 15 is 0 Å². The largest absolute Gasteiger partial charge is 0.352 e. The van der Waals surface area contributed by atoms with E-state index in [1.54, 1.807) is 0 Å². The monoisotopic (exact) mass is 335 g/mol. The molecule has 1 unspecified atom stereocenters. The van der Waals surface area contributed by atoms with Crippen LogP contribution in [0.5, 0.6) is 0 Å². The molecule has 3 N–H and O–H groups in total. The van der Waals surface area contributed by atoms with Crippen molar-refractivity contribution >= 4 is 5.91 Å². The van der Waals surface area contributed by atoms with Crippen LogP contribution in [0.1, 0.15) is 35.9 Å². The Morgan fingerprint density at radius 1 is 1.00 bits per heavy atom. The van der Waals surface area contributed by atoms with Crippen LogP contribution in [0.4, 0.5) is 0 Å².